The van der Waals surface area contributed by atoms with Crippen molar-refractivity contribution >= 4 is 11.6 Å². The maximum absolute atomic E-state index is 6.13. The maximum Gasteiger partial charge on any atom is 0.0437 e. The van der Waals surface area contributed by atoms with Crippen molar-refractivity contribution in [3.8, 4) is 0 Å². The van der Waals surface area contributed by atoms with Crippen LogP contribution in [-0.4, -0.2) is 0 Å². The lowest BCUT2D eigenvalue weighted by molar-refractivity contribution is 0.820. The standard InChI is InChI=1S/C16H17Cl/c1-13-9-11-14(12-10-13)5-4-7-15-6-2-3-8-16(15)17/h2-3,6,8-12H,4-5,7H2,1H3. The molecule has 0 amide bonds. The molecule has 0 atom stereocenters. The number of halogens is 1. The Morgan fingerprint density at radius 1 is 0.882 bits per heavy atom. The number of aryl methyl sites for hydroxylation is 3. The van der Waals surface area contributed by atoms with Crippen LogP contribution in [0.15, 0.2) is 48.5 Å². The van der Waals surface area contributed by atoms with E-state index in [0.717, 1.165) is 24.3 Å². The van der Waals surface area contributed by atoms with E-state index in [4.69, 9.17) is 11.6 Å². The van der Waals surface area contributed by atoms with Gasteiger partial charge in [0.2, 0.25) is 0 Å². The number of hydrogen-bond acceptors (Lipinski definition) is 0. The summed E-state index contributed by atoms with van der Waals surface area (Å²) >= 11 is 6.13. The number of rotatable bonds is 4. The molecule has 2 rings (SSSR count). The van der Waals surface area contributed by atoms with Gasteiger partial charge in [0.05, 0.1) is 0 Å². The molecule has 0 heterocycles. The zero-order chi connectivity index (χ0) is 12.1. The van der Waals surface area contributed by atoms with Gasteiger partial charge in [-0.25, -0.2) is 0 Å². The molecule has 0 N–H and O–H groups in total. The molecule has 0 radical (unpaired) electrons. The summed E-state index contributed by atoms with van der Waals surface area (Å²) < 4.78 is 0. The summed E-state index contributed by atoms with van der Waals surface area (Å²) in [5.41, 5.74) is 3.98. The van der Waals surface area contributed by atoms with Gasteiger partial charge in [0.25, 0.3) is 0 Å². The van der Waals surface area contributed by atoms with Crippen LogP contribution in [0.1, 0.15) is 23.1 Å². The van der Waals surface area contributed by atoms with Gasteiger partial charge in [0, 0.05) is 5.02 Å². The van der Waals surface area contributed by atoms with Crippen molar-refractivity contribution in [2.24, 2.45) is 0 Å². The van der Waals surface area contributed by atoms with E-state index in [1.54, 1.807) is 0 Å². The van der Waals surface area contributed by atoms with Crippen LogP contribution in [0.25, 0.3) is 0 Å². The van der Waals surface area contributed by atoms with Gasteiger partial charge in [-0.05, 0) is 43.4 Å². The molecule has 2 aromatic carbocycles. The Morgan fingerprint density at radius 3 is 2.29 bits per heavy atom. The van der Waals surface area contributed by atoms with Crippen molar-refractivity contribution < 1.29 is 0 Å². The largest absolute Gasteiger partial charge is 0.0840 e. The highest BCUT2D eigenvalue weighted by Crippen LogP contribution is 2.17. The van der Waals surface area contributed by atoms with Gasteiger partial charge in [-0.2, -0.15) is 0 Å². The molecule has 0 fully saturated rings. The van der Waals surface area contributed by atoms with Crippen LogP contribution in [-0.2, 0) is 12.8 Å². The van der Waals surface area contributed by atoms with Crippen LogP contribution < -0.4 is 0 Å². The predicted molar refractivity (Wildman–Crippen MR) is 74.7 cm³/mol. The zero-order valence-electron chi connectivity index (χ0n) is 10.1. The normalized spacial score (nSPS) is 10.5. The smallest absolute Gasteiger partial charge is 0.0437 e. The van der Waals surface area contributed by atoms with Gasteiger partial charge in [-0.15, -0.1) is 0 Å². The molecule has 0 aliphatic carbocycles. The SMILES string of the molecule is Cc1ccc(CCCc2ccccc2Cl)cc1. The van der Waals surface area contributed by atoms with E-state index >= 15 is 0 Å². The van der Waals surface area contributed by atoms with Gasteiger partial charge >= 0.3 is 0 Å². The van der Waals surface area contributed by atoms with E-state index in [9.17, 15) is 0 Å². The molecule has 17 heavy (non-hydrogen) atoms. The molecule has 0 spiro atoms. The van der Waals surface area contributed by atoms with Crippen LogP contribution in [0.4, 0.5) is 0 Å². The molecule has 0 aromatic heterocycles. The van der Waals surface area contributed by atoms with Crippen LogP contribution in [0.3, 0.4) is 0 Å². The molecule has 88 valence electrons. The first-order chi connectivity index (χ1) is 8.25. The Balaban J connectivity index is 1.88. The first kappa shape index (κ1) is 12.2. The number of hydrogen-bond donors (Lipinski definition) is 0. The lowest BCUT2D eigenvalue weighted by atomic mass is 10.0. The molecular weight excluding hydrogens is 228 g/mol. The second kappa shape index (κ2) is 5.88. The van der Waals surface area contributed by atoms with Crippen LogP contribution in [0, 0.1) is 6.92 Å². The van der Waals surface area contributed by atoms with E-state index in [-0.39, 0.29) is 0 Å². The first-order valence-electron chi connectivity index (χ1n) is 6.04. The topological polar surface area (TPSA) is 0 Å². The van der Waals surface area contributed by atoms with E-state index in [0.29, 0.717) is 0 Å². The molecule has 0 bridgehead atoms. The quantitative estimate of drug-likeness (QED) is 0.723. The Labute approximate surface area is 108 Å². The summed E-state index contributed by atoms with van der Waals surface area (Å²) in [4.78, 5) is 0. The van der Waals surface area contributed by atoms with Gasteiger partial charge in [-0.3, -0.25) is 0 Å². The van der Waals surface area contributed by atoms with Gasteiger partial charge < -0.3 is 0 Å². The monoisotopic (exact) mass is 244 g/mol. The van der Waals surface area contributed by atoms with Gasteiger partial charge in [0.1, 0.15) is 0 Å². The van der Waals surface area contributed by atoms with E-state index in [1.165, 1.54) is 16.7 Å². The fourth-order valence-corrected chi connectivity index (χ4v) is 2.17. The Kier molecular flexibility index (Phi) is 4.22. The summed E-state index contributed by atoms with van der Waals surface area (Å²) in [6, 6.07) is 16.9. The highest BCUT2D eigenvalue weighted by molar-refractivity contribution is 6.31. The molecule has 0 saturated carbocycles. The Morgan fingerprint density at radius 2 is 1.59 bits per heavy atom. The maximum atomic E-state index is 6.13. The van der Waals surface area contributed by atoms with Crippen molar-refractivity contribution in [1.82, 2.24) is 0 Å². The van der Waals surface area contributed by atoms with Crippen molar-refractivity contribution in [1.29, 1.82) is 0 Å². The fourth-order valence-electron chi connectivity index (χ4n) is 1.94. The summed E-state index contributed by atoms with van der Waals surface area (Å²) in [7, 11) is 0. The van der Waals surface area contributed by atoms with E-state index < -0.39 is 0 Å². The first-order valence-corrected chi connectivity index (χ1v) is 6.42. The molecule has 1 heteroatoms. The van der Waals surface area contributed by atoms with Crippen LogP contribution >= 0.6 is 11.6 Å². The summed E-state index contributed by atoms with van der Waals surface area (Å²) in [6.45, 7) is 2.12. The van der Waals surface area contributed by atoms with Crippen molar-refractivity contribution in [3.63, 3.8) is 0 Å². The van der Waals surface area contributed by atoms with E-state index in [1.807, 2.05) is 18.2 Å². The van der Waals surface area contributed by atoms with Crippen LogP contribution in [0.2, 0.25) is 5.02 Å². The molecule has 0 unspecified atom stereocenters. The third kappa shape index (κ3) is 3.61. The minimum Gasteiger partial charge on any atom is -0.0840 e. The molecule has 0 nitrogen and oxygen atoms in total. The average molecular weight is 245 g/mol. The lowest BCUT2D eigenvalue weighted by Gasteiger charge is -2.04. The molecule has 0 aliphatic heterocycles. The summed E-state index contributed by atoms with van der Waals surface area (Å²) in [6.07, 6.45) is 3.31. The summed E-state index contributed by atoms with van der Waals surface area (Å²) in [5.74, 6) is 0. The highest BCUT2D eigenvalue weighted by Gasteiger charge is 1.99. The highest BCUT2D eigenvalue weighted by atomic mass is 35.5. The van der Waals surface area contributed by atoms with Crippen molar-refractivity contribution in [2.45, 2.75) is 26.2 Å². The van der Waals surface area contributed by atoms with E-state index in [2.05, 4.69) is 37.3 Å². The minimum atomic E-state index is 0.886. The third-order valence-corrected chi connectivity index (χ3v) is 3.36. The lowest BCUT2D eigenvalue weighted by Crippen LogP contribution is -1.91. The van der Waals surface area contributed by atoms with Gasteiger partial charge in [-0.1, -0.05) is 59.6 Å². The second-order valence-electron chi connectivity index (χ2n) is 4.43. The van der Waals surface area contributed by atoms with Gasteiger partial charge in [0.15, 0.2) is 0 Å². The van der Waals surface area contributed by atoms with Crippen molar-refractivity contribution in [3.05, 3.63) is 70.2 Å². The molecule has 2 aromatic rings. The minimum absolute atomic E-state index is 0.886. The zero-order valence-corrected chi connectivity index (χ0v) is 10.9. The van der Waals surface area contributed by atoms with Crippen LogP contribution in [0.5, 0.6) is 0 Å². The molecule has 0 saturated heterocycles. The predicted octanol–water partition coefficient (Wildman–Crippen LogP) is 4.82. The molecular formula is C16H17Cl. The number of benzene rings is 2. The van der Waals surface area contributed by atoms with Crippen molar-refractivity contribution in [2.75, 3.05) is 0 Å². The third-order valence-electron chi connectivity index (χ3n) is 2.99. The second-order valence-corrected chi connectivity index (χ2v) is 4.84. The average Bonchev–Trinajstić information content (AvgIpc) is 2.34. The Bertz CT molecular complexity index is 471. The Hall–Kier alpha value is -1.27. The summed E-state index contributed by atoms with van der Waals surface area (Å²) in [5, 5.41) is 0.886. The fraction of sp³-hybridized carbons (Fsp3) is 0.250. The molecule has 0 aliphatic rings.